The van der Waals surface area contributed by atoms with Gasteiger partial charge in [0.1, 0.15) is 16.2 Å². The fourth-order valence-corrected chi connectivity index (χ4v) is 7.85. The molecule has 0 unspecified atom stereocenters. The van der Waals surface area contributed by atoms with Gasteiger partial charge in [0.2, 0.25) is 0 Å². The van der Waals surface area contributed by atoms with Crippen LogP contribution in [0.5, 0.6) is 11.5 Å². The maximum absolute atomic E-state index is 14.1. The van der Waals surface area contributed by atoms with Crippen LogP contribution in [0, 0.1) is 0 Å². The van der Waals surface area contributed by atoms with Crippen molar-refractivity contribution in [1.82, 2.24) is 0 Å². The van der Waals surface area contributed by atoms with E-state index < -0.39 is 26.8 Å². The van der Waals surface area contributed by atoms with Gasteiger partial charge in [-0.1, -0.05) is 155 Å². The largest absolute Gasteiger partial charge is 0.505 e. The Kier molecular flexibility index (Phi) is 16.2. The molecular formula is C37H58Cl2N2O5S. The van der Waals surface area contributed by atoms with Gasteiger partial charge >= 0.3 is 0 Å². The molecule has 1 amide bonds. The molecule has 0 heterocycles. The van der Waals surface area contributed by atoms with E-state index in [1.54, 1.807) is 0 Å². The van der Waals surface area contributed by atoms with Crippen molar-refractivity contribution in [2.24, 2.45) is 5.73 Å². The van der Waals surface area contributed by atoms with Crippen LogP contribution in [0.2, 0.25) is 10.0 Å². The van der Waals surface area contributed by atoms with Gasteiger partial charge in [-0.3, -0.25) is 9.52 Å². The van der Waals surface area contributed by atoms with Gasteiger partial charge < -0.3 is 15.6 Å². The number of anilines is 1. The maximum Gasteiger partial charge on any atom is 0.263 e. The summed E-state index contributed by atoms with van der Waals surface area (Å²) in [5.74, 6) is -1.08. The number of nitrogens with one attached hydrogen (secondary N) is 1. The molecular weight excluding hydrogens is 655 g/mol. The number of sulfonamides is 1. The number of amides is 1. The van der Waals surface area contributed by atoms with Crippen LogP contribution in [0.15, 0.2) is 23.1 Å². The molecule has 0 spiro atoms. The Balaban J connectivity index is 2.23. The lowest BCUT2D eigenvalue weighted by Gasteiger charge is -2.31. The van der Waals surface area contributed by atoms with Crippen LogP contribution in [0.1, 0.15) is 160 Å². The van der Waals surface area contributed by atoms with E-state index in [2.05, 4.69) is 11.6 Å². The fraction of sp³-hybridized carbons (Fsp3) is 0.649. The minimum absolute atomic E-state index is 0.0258. The Hall–Kier alpha value is -2.16. The third kappa shape index (κ3) is 12.7. The topological polar surface area (TPSA) is 119 Å². The lowest BCUT2D eigenvalue weighted by Crippen LogP contribution is -2.29. The average molecular weight is 714 g/mol. The standard InChI is InChI=1S/C37H58Cl2N2O5S/c1-8-9-10-11-12-13-14-15-16-17-18-19-20-21-22-46-33-27(36(2,3)4)25-28(37(5,6)7)34(31(33)35(40)43)47(44,45)41-26-23-29(38)32(42)30(39)24-26/h23-25,41-42H,8-22H2,1-7H3,(H2,40,43). The minimum Gasteiger partial charge on any atom is -0.505 e. The number of benzene rings is 2. The number of rotatable bonds is 20. The maximum atomic E-state index is 14.1. The Labute approximate surface area is 294 Å². The zero-order valence-corrected chi connectivity index (χ0v) is 32.0. The molecule has 0 saturated heterocycles. The van der Waals surface area contributed by atoms with E-state index in [1.807, 2.05) is 47.6 Å². The minimum atomic E-state index is -4.42. The van der Waals surface area contributed by atoms with Gasteiger partial charge in [0, 0.05) is 5.56 Å². The highest BCUT2D eigenvalue weighted by Crippen LogP contribution is 2.44. The molecule has 2 aromatic rings. The number of hydrogen-bond donors (Lipinski definition) is 3. The number of unbranched alkanes of at least 4 members (excludes halogenated alkanes) is 13. The van der Waals surface area contributed by atoms with Gasteiger partial charge in [-0.15, -0.1) is 0 Å². The number of carbonyl (C=O) groups excluding carboxylic acids is 1. The van der Waals surface area contributed by atoms with Crippen molar-refractivity contribution in [3.05, 3.63) is 44.9 Å². The van der Waals surface area contributed by atoms with E-state index in [0.29, 0.717) is 17.7 Å². The summed E-state index contributed by atoms with van der Waals surface area (Å²) >= 11 is 12.1. The fourth-order valence-electron chi connectivity index (χ4n) is 5.72. The molecule has 0 saturated carbocycles. The second-order valence-electron chi connectivity index (χ2n) is 14.7. The zero-order valence-electron chi connectivity index (χ0n) is 29.7. The van der Waals surface area contributed by atoms with E-state index in [1.165, 1.54) is 82.8 Å². The summed E-state index contributed by atoms with van der Waals surface area (Å²) < 4.78 is 37.0. The van der Waals surface area contributed by atoms with Gasteiger partial charge in [0.15, 0.2) is 5.75 Å². The molecule has 0 aromatic heterocycles. The summed E-state index contributed by atoms with van der Waals surface area (Å²) in [7, 11) is -4.42. The van der Waals surface area contributed by atoms with Crippen LogP contribution in [0.3, 0.4) is 0 Å². The molecule has 0 radical (unpaired) electrons. The summed E-state index contributed by atoms with van der Waals surface area (Å²) in [4.78, 5) is 12.9. The van der Waals surface area contributed by atoms with Crippen molar-refractivity contribution in [1.29, 1.82) is 0 Å². The van der Waals surface area contributed by atoms with Crippen LogP contribution >= 0.6 is 23.2 Å². The molecule has 0 bridgehead atoms. The number of halogens is 2. The second kappa shape index (κ2) is 18.6. The first-order valence-electron chi connectivity index (χ1n) is 17.3. The lowest BCUT2D eigenvalue weighted by atomic mass is 9.78. The number of hydrogen-bond acceptors (Lipinski definition) is 5. The molecule has 4 N–H and O–H groups in total. The summed E-state index contributed by atoms with van der Waals surface area (Å²) in [6.07, 6.45) is 17.3. The quantitative estimate of drug-likeness (QED) is 0.0932. The molecule has 2 aromatic carbocycles. The third-order valence-electron chi connectivity index (χ3n) is 8.38. The average Bonchev–Trinajstić information content (AvgIpc) is 2.95. The molecule has 0 atom stereocenters. The molecule has 47 heavy (non-hydrogen) atoms. The van der Waals surface area contributed by atoms with Crippen LogP contribution in [0.4, 0.5) is 5.69 Å². The number of carbonyl (C=O) groups is 1. The predicted octanol–water partition coefficient (Wildman–Crippen LogP) is 11.1. The summed E-state index contributed by atoms with van der Waals surface area (Å²) in [6.45, 7) is 14.2. The second-order valence-corrected chi connectivity index (χ2v) is 17.1. The Bertz CT molecular complexity index is 1410. The number of phenolic OH excluding ortho intramolecular Hbond substituents is 1. The highest BCUT2D eigenvalue weighted by atomic mass is 35.5. The van der Waals surface area contributed by atoms with Gasteiger partial charge in [-0.25, -0.2) is 8.42 Å². The van der Waals surface area contributed by atoms with E-state index >= 15 is 0 Å². The summed E-state index contributed by atoms with van der Waals surface area (Å²) in [5, 5.41) is 9.72. The van der Waals surface area contributed by atoms with E-state index in [0.717, 1.165) is 19.3 Å². The van der Waals surface area contributed by atoms with Gasteiger partial charge in [-0.05, 0) is 41.0 Å². The van der Waals surface area contributed by atoms with E-state index in [9.17, 15) is 18.3 Å². The Morgan fingerprint density at radius 3 is 1.60 bits per heavy atom. The highest BCUT2D eigenvalue weighted by Gasteiger charge is 2.37. The number of nitrogens with two attached hydrogens (primary N) is 1. The van der Waals surface area contributed by atoms with Gasteiger partial charge in [-0.2, -0.15) is 0 Å². The zero-order chi connectivity index (χ0) is 35.4. The van der Waals surface area contributed by atoms with Crippen molar-refractivity contribution in [2.75, 3.05) is 11.3 Å². The molecule has 7 nitrogen and oxygen atoms in total. The molecule has 10 heteroatoms. The number of phenols is 1. The first-order valence-corrected chi connectivity index (χ1v) is 19.5. The van der Waals surface area contributed by atoms with Crippen molar-refractivity contribution in [3.8, 4) is 11.5 Å². The van der Waals surface area contributed by atoms with Gasteiger partial charge in [0.25, 0.3) is 15.9 Å². The lowest BCUT2D eigenvalue weighted by molar-refractivity contribution is 0.0992. The molecule has 266 valence electrons. The molecule has 0 fully saturated rings. The first-order chi connectivity index (χ1) is 21.9. The van der Waals surface area contributed by atoms with Crippen LogP contribution in [-0.4, -0.2) is 26.0 Å². The van der Waals surface area contributed by atoms with E-state index in [4.69, 9.17) is 33.7 Å². The highest BCUT2D eigenvalue weighted by molar-refractivity contribution is 7.92. The van der Waals surface area contributed by atoms with Crippen molar-refractivity contribution < 1.29 is 23.1 Å². The smallest absolute Gasteiger partial charge is 0.263 e. The number of ether oxygens (including phenoxy) is 1. The van der Waals surface area contributed by atoms with Crippen LogP contribution in [0.25, 0.3) is 0 Å². The number of primary amides is 1. The Morgan fingerprint density at radius 2 is 1.19 bits per heavy atom. The summed E-state index contributed by atoms with van der Waals surface area (Å²) in [6, 6.07) is 4.31. The van der Waals surface area contributed by atoms with Gasteiger partial charge in [0.05, 0.1) is 22.3 Å². The number of aromatic hydroxyl groups is 1. The Morgan fingerprint density at radius 1 is 0.766 bits per heavy atom. The van der Waals surface area contributed by atoms with Crippen molar-refractivity contribution in [3.63, 3.8) is 0 Å². The predicted molar refractivity (Wildman–Crippen MR) is 197 cm³/mol. The molecule has 0 aliphatic carbocycles. The SMILES string of the molecule is CCCCCCCCCCCCCCCCOc1c(C(C)(C)C)cc(C(C)(C)C)c(S(=O)(=O)Nc2cc(Cl)c(O)c(Cl)c2)c1C(N)=O. The third-order valence-corrected chi connectivity index (χ3v) is 10.4. The van der Waals surface area contributed by atoms with Crippen LogP contribution in [-0.2, 0) is 20.9 Å². The van der Waals surface area contributed by atoms with Crippen LogP contribution < -0.4 is 15.2 Å². The normalized spacial score (nSPS) is 12.4. The summed E-state index contributed by atoms with van der Waals surface area (Å²) in [5.41, 5.74) is 5.76. The van der Waals surface area contributed by atoms with Crippen molar-refractivity contribution >= 4 is 44.8 Å². The van der Waals surface area contributed by atoms with Crippen molar-refractivity contribution in [2.45, 2.75) is 154 Å². The first kappa shape index (κ1) is 41.0. The monoisotopic (exact) mass is 712 g/mol. The molecule has 0 aliphatic rings. The molecule has 0 aliphatic heterocycles. The molecule has 2 rings (SSSR count). The van der Waals surface area contributed by atoms with E-state index in [-0.39, 0.29) is 37.7 Å².